The number of rotatable bonds is 3. The lowest BCUT2D eigenvalue weighted by Crippen LogP contribution is -2.46. The lowest BCUT2D eigenvalue weighted by atomic mass is 9.76. The fourth-order valence-corrected chi connectivity index (χ4v) is 5.74. The number of ether oxygens (including phenoxy) is 1. The Kier molecular flexibility index (Phi) is 5.17. The van der Waals surface area contributed by atoms with Gasteiger partial charge in [0.1, 0.15) is 11.7 Å². The predicted octanol–water partition coefficient (Wildman–Crippen LogP) is 1.89. The van der Waals surface area contributed by atoms with E-state index >= 15 is 0 Å². The molecule has 5 rings (SSSR count). The summed E-state index contributed by atoms with van der Waals surface area (Å²) in [5.41, 5.74) is 1.59. The summed E-state index contributed by atoms with van der Waals surface area (Å²) in [6, 6.07) is 1.80. The molecule has 1 aromatic heterocycles. The maximum absolute atomic E-state index is 13.1. The number of nitrogens with zero attached hydrogens (tertiary/aromatic N) is 2. The van der Waals surface area contributed by atoms with Gasteiger partial charge in [0.05, 0.1) is 5.41 Å². The van der Waals surface area contributed by atoms with E-state index in [4.69, 9.17) is 4.74 Å². The summed E-state index contributed by atoms with van der Waals surface area (Å²) in [6.45, 7) is 4.03. The zero-order chi connectivity index (χ0) is 20.7. The van der Waals surface area contributed by atoms with Gasteiger partial charge in [-0.15, -0.1) is 0 Å². The van der Waals surface area contributed by atoms with Crippen molar-refractivity contribution in [2.45, 2.75) is 63.9 Å². The Labute approximate surface area is 176 Å². The molecule has 1 N–H and O–H groups in total. The molecule has 3 saturated heterocycles. The van der Waals surface area contributed by atoms with E-state index in [-0.39, 0.29) is 29.1 Å². The SMILES string of the molecule is O=C(c1cc2c([nH]c1=O)CCCC2)N1CCC2(CC1)CC(CN1CCCC1)OC2=O. The lowest BCUT2D eigenvalue weighted by Gasteiger charge is -2.36. The van der Waals surface area contributed by atoms with E-state index in [1.54, 1.807) is 11.0 Å². The Balaban J connectivity index is 1.24. The molecule has 7 heteroatoms. The van der Waals surface area contributed by atoms with E-state index in [1.165, 1.54) is 12.8 Å². The number of aryl methyl sites for hydroxylation is 2. The van der Waals surface area contributed by atoms with Gasteiger partial charge in [-0.2, -0.15) is 0 Å². The number of hydrogen-bond donors (Lipinski definition) is 1. The maximum Gasteiger partial charge on any atom is 0.312 e. The Hall–Kier alpha value is -2.15. The highest BCUT2D eigenvalue weighted by molar-refractivity contribution is 5.94. The number of cyclic esters (lactones) is 1. The van der Waals surface area contributed by atoms with Gasteiger partial charge in [0.2, 0.25) is 0 Å². The molecule has 0 aromatic carbocycles. The molecule has 162 valence electrons. The molecule has 3 fully saturated rings. The number of H-pyrrole nitrogens is 1. The van der Waals surface area contributed by atoms with Crippen molar-refractivity contribution in [3.05, 3.63) is 33.2 Å². The summed E-state index contributed by atoms with van der Waals surface area (Å²) >= 11 is 0. The van der Waals surface area contributed by atoms with Gasteiger partial charge < -0.3 is 14.6 Å². The molecule has 7 nitrogen and oxygen atoms in total. The van der Waals surface area contributed by atoms with Gasteiger partial charge in [-0.05, 0) is 76.1 Å². The van der Waals surface area contributed by atoms with E-state index in [0.29, 0.717) is 25.9 Å². The third-order valence-corrected chi connectivity index (χ3v) is 7.56. The Morgan fingerprint density at radius 1 is 1.07 bits per heavy atom. The summed E-state index contributed by atoms with van der Waals surface area (Å²) in [5.74, 6) is -0.301. The molecule has 4 heterocycles. The van der Waals surface area contributed by atoms with Gasteiger partial charge in [-0.25, -0.2) is 0 Å². The van der Waals surface area contributed by atoms with Crippen LogP contribution in [0.1, 0.15) is 66.6 Å². The van der Waals surface area contributed by atoms with Crippen molar-refractivity contribution in [3.63, 3.8) is 0 Å². The largest absolute Gasteiger partial charge is 0.461 e. The molecule has 1 amide bonds. The average molecular weight is 414 g/mol. The fourth-order valence-electron chi connectivity index (χ4n) is 5.74. The van der Waals surface area contributed by atoms with Gasteiger partial charge in [0.15, 0.2) is 0 Å². The number of fused-ring (bicyclic) bond motifs is 1. The summed E-state index contributed by atoms with van der Waals surface area (Å²) < 4.78 is 5.74. The zero-order valence-electron chi connectivity index (χ0n) is 17.6. The van der Waals surface area contributed by atoms with Crippen LogP contribution in [-0.2, 0) is 22.4 Å². The molecule has 3 aliphatic heterocycles. The topological polar surface area (TPSA) is 82.7 Å². The van der Waals surface area contributed by atoms with Crippen molar-refractivity contribution < 1.29 is 14.3 Å². The van der Waals surface area contributed by atoms with Crippen LogP contribution in [0.4, 0.5) is 0 Å². The standard InChI is InChI=1S/C23H31N3O4/c27-20-18(13-16-5-1-2-6-19(16)24-20)21(28)26-11-7-23(8-12-26)14-17(30-22(23)29)15-25-9-3-4-10-25/h13,17H,1-12,14-15H2,(H,24,27). The Morgan fingerprint density at radius 2 is 1.80 bits per heavy atom. The van der Waals surface area contributed by atoms with Crippen LogP contribution in [0, 0.1) is 5.41 Å². The third kappa shape index (κ3) is 3.57. The van der Waals surface area contributed by atoms with E-state index in [2.05, 4.69) is 9.88 Å². The summed E-state index contributed by atoms with van der Waals surface area (Å²) in [6.07, 6.45) is 8.40. The van der Waals surface area contributed by atoms with Crippen LogP contribution in [0.25, 0.3) is 0 Å². The number of esters is 1. The van der Waals surface area contributed by atoms with Crippen LogP contribution in [0.5, 0.6) is 0 Å². The Bertz CT molecular complexity index is 894. The van der Waals surface area contributed by atoms with Gasteiger partial charge in [-0.3, -0.25) is 19.3 Å². The summed E-state index contributed by atoms with van der Waals surface area (Å²) in [7, 11) is 0. The first kappa shape index (κ1) is 19.8. The summed E-state index contributed by atoms with van der Waals surface area (Å²) in [4.78, 5) is 45.3. The number of hydrogen-bond acceptors (Lipinski definition) is 5. The molecule has 1 unspecified atom stereocenters. The Morgan fingerprint density at radius 3 is 2.57 bits per heavy atom. The molecule has 4 aliphatic rings. The quantitative estimate of drug-likeness (QED) is 0.765. The number of carbonyl (C=O) groups is 2. The number of likely N-dealkylation sites (tertiary alicyclic amines) is 2. The van der Waals surface area contributed by atoms with E-state index < -0.39 is 5.41 Å². The molecule has 1 aliphatic carbocycles. The van der Waals surface area contributed by atoms with Crippen LogP contribution in [0.2, 0.25) is 0 Å². The van der Waals surface area contributed by atoms with Crippen molar-refractivity contribution >= 4 is 11.9 Å². The number of aromatic nitrogens is 1. The van der Waals surface area contributed by atoms with E-state index in [9.17, 15) is 14.4 Å². The van der Waals surface area contributed by atoms with E-state index in [1.807, 2.05) is 0 Å². The molecule has 0 bridgehead atoms. The second kappa shape index (κ2) is 7.84. The zero-order valence-corrected chi connectivity index (χ0v) is 17.6. The number of carbonyl (C=O) groups excluding carboxylic acids is 2. The van der Waals surface area contributed by atoms with E-state index in [0.717, 1.165) is 63.0 Å². The smallest absolute Gasteiger partial charge is 0.312 e. The third-order valence-electron chi connectivity index (χ3n) is 7.56. The highest BCUT2D eigenvalue weighted by Gasteiger charge is 2.51. The minimum atomic E-state index is -0.455. The van der Waals surface area contributed by atoms with Gasteiger partial charge in [0.25, 0.3) is 11.5 Å². The van der Waals surface area contributed by atoms with Gasteiger partial charge in [-0.1, -0.05) is 0 Å². The summed E-state index contributed by atoms with van der Waals surface area (Å²) in [5, 5.41) is 0. The first-order chi connectivity index (χ1) is 14.5. The average Bonchev–Trinajstić information content (AvgIpc) is 3.36. The molecule has 30 heavy (non-hydrogen) atoms. The molecule has 1 aromatic rings. The molecule has 1 atom stereocenters. The van der Waals surface area contributed by atoms with Crippen LogP contribution in [-0.4, -0.2) is 65.5 Å². The van der Waals surface area contributed by atoms with Crippen molar-refractivity contribution in [2.24, 2.45) is 5.41 Å². The molecular formula is C23H31N3O4. The van der Waals surface area contributed by atoms with Crippen LogP contribution < -0.4 is 5.56 Å². The number of amides is 1. The number of aromatic amines is 1. The van der Waals surface area contributed by atoms with Crippen molar-refractivity contribution in [3.8, 4) is 0 Å². The monoisotopic (exact) mass is 413 g/mol. The normalized spacial score (nSPS) is 26.1. The first-order valence-corrected chi connectivity index (χ1v) is 11.5. The second-order valence-electron chi connectivity index (χ2n) is 9.53. The second-order valence-corrected chi connectivity index (χ2v) is 9.53. The first-order valence-electron chi connectivity index (χ1n) is 11.5. The maximum atomic E-state index is 13.1. The molecule has 1 spiro atoms. The molecule has 0 saturated carbocycles. The van der Waals surface area contributed by atoms with Crippen LogP contribution in [0.15, 0.2) is 10.9 Å². The van der Waals surface area contributed by atoms with Crippen LogP contribution >= 0.6 is 0 Å². The van der Waals surface area contributed by atoms with Crippen molar-refractivity contribution in [2.75, 3.05) is 32.7 Å². The number of piperidine rings is 1. The highest BCUT2D eigenvalue weighted by Crippen LogP contribution is 2.43. The number of nitrogens with one attached hydrogen (secondary N) is 1. The van der Waals surface area contributed by atoms with Gasteiger partial charge in [0, 0.05) is 31.7 Å². The highest BCUT2D eigenvalue weighted by atomic mass is 16.6. The van der Waals surface area contributed by atoms with Crippen molar-refractivity contribution in [1.29, 1.82) is 0 Å². The fraction of sp³-hybridized carbons (Fsp3) is 0.696. The van der Waals surface area contributed by atoms with Gasteiger partial charge >= 0.3 is 5.97 Å². The van der Waals surface area contributed by atoms with Crippen molar-refractivity contribution in [1.82, 2.24) is 14.8 Å². The minimum absolute atomic E-state index is 0.0265. The number of pyridine rings is 1. The predicted molar refractivity (Wildman–Crippen MR) is 111 cm³/mol. The molecular weight excluding hydrogens is 382 g/mol. The van der Waals surface area contributed by atoms with Crippen LogP contribution in [0.3, 0.4) is 0 Å². The molecule has 0 radical (unpaired) electrons. The lowest BCUT2D eigenvalue weighted by molar-refractivity contribution is -0.150. The minimum Gasteiger partial charge on any atom is -0.461 e.